The Kier molecular flexibility index (Phi) is 7.67. The number of fused-ring (bicyclic) bond motifs is 1. The van der Waals surface area contributed by atoms with Crippen LogP contribution in [0.4, 0.5) is 5.69 Å². The Labute approximate surface area is 222 Å². The van der Waals surface area contributed by atoms with Crippen LogP contribution >= 0.6 is 11.6 Å². The number of piperazine rings is 1. The Bertz CT molecular complexity index is 1360. The predicted molar refractivity (Wildman–Crippen MR) is 144 cm³/mol. The van der Waals surface area contributed by atoms with Gasteiger partial charge in [-0.25, -0.2) is 8.42 Å². The Hall–Kier alpha value is -2.72. The lowest BCUT2D eigenvalue weighted by atomic mass is 9.95. The number of amides is 1. The number of rotatable bonds is 7. The molecule has 2 aliphatic heterocycles. The Balaban J connectivity index is 1.28. The molecule has 3 heterocycles. The number of piperidine rings is 1. The van der Waals surface area contributed by atoms with Crippen molar-refractivity contribution in [2.45, 2.75) is 23.8 Å². The molecule has 2 aromatic carbocycles. The van der Waals surface area contributed by atoms with Crippen LogP contribution in [0.5, 0.6) is 0 Å². The molecule has 3 aromatic rings. The highest BCUT2D eigenvalue weighted by Crippen LogP contribution is 2.28. The molecule has 0 N–H and O–H groups in total. The third-order valence-electron chi connectivity index (χ3n) is 7.35. The number of anilines is 1. The zero-order valence-electron chi connectivity index (χ0n) is 20.8. The molecule has 1 aromatic heterocycles. The van der Waals surface area contributed by atoms with Gasteiger partial charge < -0.3 is 14.5 Å². The number of hydrogen-bond acceptors (Lipinski definition) is 6. The predicted octanol–water partition coefficient (Wildman–Crippen LogP) is 3.65. The molecule has 8 nitrogen and oxygen atoms in total. The van der Waals surface area contributed by atoms with Gasteiger partial charge in [0, 0.05) is 56.4 Å². The van der Waals surface area contributed by atoms with Gasteiger partial charge in [-0.05, 0) is 65.9 Å². The number of benzene rings is 2. The number of sulfonamides is 1. The number of halogens is 1. The van der Waals surface area contributed by atoms with Crippen LogP contribution in [0.1, 0.15) is 12.8 Å². The van der Waals surface area contributed by atoms with Crippen molar-refractivity contribution < 1.29 is 17.9 Å². The number of pyridine rings is 1. The topological polar surface area (TPSA) is 83.0 Å². The number of nitrogens with zero attached hydrogens (tertiary/aromatic N) is 4. The lowest BCUT2D eigenvalue weighted by molar-refractivity contribution is -0.140. The third-order valence-corrected chi connectivity index (χ3v) is 9.40. The summed E-state index contributed by atoms with van der Waals surface area (Å²) >= 11 is 6.07. The normalized spacial score (nSPS) is 20.1. The van der Waals surface area contributed by atoms with E-state index in [2.05, 4.69) is 9.88 Å². The quantitative estimate of drug-likeness (QED) is 0.453. The van der Waals surface area contributed by atoms with Crippen LogP contribution in [0.3, 0.4) is 0 Å². The fraction of sp³-hybridized carbons (Fsp3) is 0.407. The number of carbonyl (C=O) groups excluding carboxylic acids is 1. The van der Waals surface area contributed by atoms with Crippen LogP contribution in [0.25, 0.3) is 10.8 Å². The molecule has 1 atom stereocenters. The van der Waals surface area contributed by atoms with Crippen LogP contribution in [0, 0.1) is 5.92 Å². The molecule has 0 saturated carbocycles. The molecule has 10 heteroatoms. The summed E-state index contributed by atoms with van der Waals surface area (Å²) in [7, 11) is -2.28. The molecular weight excluding hydrogens is 512 g/mol. The third kappa shape index (κ3) is 5.60. The van der Waals surface area contributed by atoms with E-state index < -0.39 is 10.0 Å². The molecule has 0 radical (unpaired) electrons. The second-order valence-electron chi connectivity index (χ2n) is 9.74. The highest BCUT2D eigenvalue weighted by molar-refractivity contribution is 7.89. The fourth-order valence-corrected chi connectivity index (χ4v) is 6.97. The van der Waals surface area contributed by atoms with E-state index in [4.69, 9.17) is 16.3 Å². The molecule has 0 spiro atoms. The highest BCUT2D eigenvalue weighted by Gasteiger charge is 2.39. The van der Waals surface area contributed by atoms with Crippen molar-refractivity contribution in [2.75, 3.05) is 51.3 Å². The molecule has 37 heavy (non-hydrogen) atoms. The zero-order chi connectivity index (χ0) is 26.0. The van der Waals surface area contributed by atoms with Gasteiger partial charge in [0.2, 0.25) is 15.9 Å². The van der Waals surface area contributed by atoms with Gasteiger partial charge in [-0.3, -0.25) is 9.78 Å². The summed E-state index contributed by atoms with van der Waals surface area (Å²) in [5.74, 6) is 0.179. The molecular formula is C27H31ClN4O4S. The minimum Gasteiger partial charge on any atom is -0.382 e. The summed E-state index contributed by atoms with van der Waals surface area (Å²) in [5.41, 5.74) is 1.16. The largest absolute Gasteiger partial charge is 0.382 e. The molecule has 1 amide bonds. The van der Waals surface area contributed by atoms with E-state index in [0.717, 1.165) is 42.4 Å². The average molecular weight is 543 g/mol. The molecule has 2 saturated heterocycles. The molecule has 0 aliphatic carbocycles. The number of methoxy groups -OCH3 is 1. The highest BCUT2D eigenvalue weighted by atomic mass is 35.5. The smallest absolute Gasteiger partial charge is 0.243 e. The van der Waals surface area contributed by atoms with Gasteiger partial charge in [0.25, 0.3) is 0 Å². The van der Waals surface area contributed by atoms with E-state index in [1.54, 1.807) is 55.9 Å². The molecule has 0 unspecified atom stereocenters. The summed E-state index contributed by atoms with van der Waals surface area (Å²) in [6.07, 6.45) is 5.54. The first-order valence-electron chi connectivity index (χ1n) is 12.5. The van der Waals surface area contributed by atoms with Crippen molar-refractivity contribution in [3.8, 4) is 0 Å². The first kappa shape index (κ1) is 25.9. The van der Waals surface area contributed by atoms with Crippen molar-refractivity contribution in [2.24, 2.45) is 5.92 Å². The minimum absolute atomic E-state index is 0.170. The minimum atomic E-state index is -3.86. The van der Waals surface area contributed by atoms with Crippen LogP contribution < -0.4 is 4.90 Å². The van der Waals surface area contributed by atoms with E-state index in [0.29, 0.717) is 17.5 Å². The van der Waals surface area contributed by atoms with Gasteiger partial charge in [-0.1, -0.05) is 23.7 Å². The zero-order valence-corrected chi connectivity index (χ0v) is 22.4. The number of ether oxygens (including phenoxy) is 1. The Morgan fingerprint density at radius 1 is 1.03 bits per heavy atom. The molecule has 2 fully saturated rings. The van der Waals surface area contributed by atoms with E-state index in [-0.39, 0.29) is 36.5 Å². The van der Waals surface area contributed by atoms with Crippen LogP contribution in [-0.4, -0.2) is 81.0 Å². The van der Waals surface area contributed by atoms with E-state index in [9.17, 15) is 13.2 Å². The van der Waals surface area contributed by atoms with Crippen molar-refractivity contribution in [1.29, 1.82) is 0 Å². The van der Waals surface area contributed by atoms with Crippen molar-refractivity contribution in [3.05, 3.63) is 65.9 Å². The van der Waals surface area contributed by atoms with Crippen molar-refractivity contribution in [1.82, 2.24) is 14.2 Å². The number of carbonyl (C=O) groups is 1. The summed E-state index contributed by atoms with van der Waals surface area (Å²) < 4.78 is 33.8. The molecule has 196 valence electrons. The maximum atomic E-state index is 13.5. The summed E-state index contributed by atoms with van der Waals surface area (Å²) in [4.78, 5) is 21.8. The molecule has 2 aliphatic rings. The summed E-state index contributed by atoms with van der Waals surface area (Å²) in [5, 5.41) is 2.23. The molecule has 0 bridgehead atoms. The average Bonchev–Trinajstić information content (AvgIpc) is 2.91. The van der Waals surface area contributed by atoms with E-state index in [1.807, 2.05) is 17.0 Å². The number of aromatic nitrogens is 1. The van der Waals surface area contributed by atoms with Gasteiger partial charge in [-0.2, -0.15) is 4.31 Å². The van der Waals surface area contributed by atoms with Gasteiger partial charge in [0.05, 0.1) is 24.1 Å². The second-order valence-corrected chi connectivity index (χ2v) is 12.1. The Morgan fingerprint density at radius 3 is 2.46 bits per heavy atom. The first-order chi connectivity index (χ1) is 17.8. The van der Waals surface area contributed by atoms with E-state index in [1.165, 1.54) is 4.31 Å². The van der Waals surface area contributed by atoms with Crippen molar-refractivity contribution >= 4 is 44.0 Å². The van der Waals surface area contributed by atoms with Crippen molar-refractivity contribution in [3.63, 3.8) is 0 Å². The summed E-state index contributed by atoms with van der Waals surface area (Å²) in [6.45, 7) is 2.76. The first-order valence-corrected chi connectivity index (χ1v) is 14.3. The van der Waals surface area contributed by atoms with Gasteiger partial charge >= 0.3 is 0 Å². The number of hydrogen-bond donors (Lipinski definition) is 0. The maximum Gasteiger partial charge on any atom is 0.243 e. The van der Waals surface area contributed by atoms with Gasteiger partial charge in [-0.15, -0.1) is 0 Å². The van der Waals surface area contributed by atoms with E-state index >= 15 is 0 Å². The SMILES string of the molecule is COC[C@@H]1CN(S(=O)(=O)c2ccc3cc(Cl)ccc3c2)CC(=O)N1CC1CCN(c2ccncc2)CC1. The van der Waals surface area contributed by atoms with Crippen LogP contribution in [0.2, 0.25) is 5.02 Å². The molecule has 5 rings (SSSR count). The maximum absolute atomic E-state index is 13.5. The monoisotopic (exact) mass is 542 g/mol. The van der Waals surface area contributed by atoms with Crippen LogP contribution in [-0.2, 0) is 19.6 Å². The Morgan fingerprint density at radius 2 is 1.73 bits per heavy atom. The van der Waals surface area contributed by atoms with Gasteiger partial charge in [0.15, 0.2) is 0 Å². The summed E-state index contributed by atoms with van der Waals surface area (Å²) in [6, 6.07) is 14.0. The lowest BCUT2D eigenvalue weighted by Gasteiger charge is -2.43. The van der Waals surface area contributed by atoms with Gasteiger partial charge in [0.1, 0.15) is 0 Å². The second kappa shape index (κ2) is 10.9. The standard InChI is InChI=1S/C27H31ClN4O4S/c1-36-19-25-17-31(37(34,35)26-5-3-21-14-23(28)4-2-22(21)15-26)18-27(33)32(25)16-20-8-12-30(13-9-20)24-6-10-29-11-7-24/h2-7,10-11,14-15,20,25H,8-9,12-13,16-19H2,1H3/t25-/m0/s1. The fourth-order valence-electron chi connectivity index (χ4n) is 5.32. The van der Waals surface area contributed by atoms with Crippen LogP contribution in [0.15, 0.2) is 65.8 Å². The lowest BCUT2D eigenvalue weighted by Crippen LogP contribution is -2.60.